The minimum Gasteiger partial charge on any atom is -0.454 e. The van der Waals surface area contributed by atoms with E-state index in [2.05, 4.69) is 31.1 Å². The molecular formula is C20H30N6O2. The number of anilines is 1. The minimum absolute atomic E-state index is 0.117. The molecule has 0 amide bonds. The second-order valence-electron chi connectivity index (χ2n) is 7.43. The van der Waals surface area contributed by atoms with Gasteiger partial charge in [-0.3, -0.25) is 5.41 Å². The van der Waals surface area contributed by atoms with Crippen LogP contribution in [0.25, 0.3) is 0 Å². The molecule has 1 aliphatic heterocycles. The summed E-state index contributed by atoms with van der Waals surface area (Å²) in [4.78, 5) is 4.58. The Labute approximate surface area is 165 Å². The van der Waals surface area contributed by atoms with Crippen LogP contribution in [0.1, 0.15) is 43.4 Å². The zero-order valence-corrected chi connectivity index (χ0v) is 16.8. The molecule has 28 heavy (non-hydrogen) atoms. The molecule has 0 saturated heterocycles. The van der Waals surface area contributed by atoms with Crippen LogP contribution in [-0.2, 0) is 19.4 Å². The van der Waals surface area contributed by atoms with Crippen LogP contribution in [0.4, 0.5) is 5.82 Å². The van der Waals surface area contributed by atoms with Crippen LogP contribution in [0.3, 0.4) is 0 Å². The molecule has 0 unspecified atom stereocenters. The van der Waals surface area contributed by atoms with E-state index in [9.17, 15) is 0 Å². The highest BCUT2D eigenvalue weighted by Gasteiger charge is 2.21. The maximum Gasteiger partial charge on any atom is 0.231 e. The number of imidazole rings is 1. The molecular weight excluding hydrogens is 356 g/mol. The summed E-state index contributed by atoms with van der Waals surface area (Å²) in [6, 6.07) is 4.05. The van der Waals surface area contributed by atoms with Crippen molar-refractivity contribution in [2.75, 3.05) is 25.6 Å². The van der Waals surface area contributed by atoms with Crippen molar-refractivity contribution in [2.45, 2.75) is 40.2 Å². The van der Waals surface area contributed by atoms with E-state index in [4.69, 9.17) is 26.4 Å². The lowest BCUT2D eigenvalue weighted by Crippen LogP contribution is -2.25. The van der Waals surface area contributed by atoms with Gasteiger partial charge in [0, 0.05) is 19.5 Å². The number of hydrogen-bond donors (Lipinski definition) is 4. The van der Waals surface area contributed by atoms with Crippen molar-refractivity contribution < 1.29 is 9.47 Å². The van der Waals surface area contributed by atoms with E-state index >= 15 is 0 Å². The molecule has 0 spiro atoms. The molecule has 0 atom stereocenters. The smallest absolute Gasteiger partial charge is 0.231 e. The Bertz CT molecular complexity index is 859. The number of nitrogen functional groups attached to an aromatic ring is 2. The lowest BCUT2D eigenvalue weighted by atomic mass is 10.0. The van der Waals surface area contributed by atoms with Crippen LogP contribution in [-0.4, -0.2) is 35.3 Å². The van der Waals surface area contributed by atoms with Crippen LogP contribution in [0, 0.1) is 11.3 Å². The molecule has 1 aliphatic rings. The number of benzene rings is 1. The van der Waals surface area contributed by atoms with Gasteiger partial charge in [0.15, 0.2) is 11.5 Å². The molecule has 8 heteroatoms. The Morgan fingerprint density at radius 3 is 2.57 bits per heavy atom. The van der Waals surface area contributed by atoms with Gasteiger partial charge in [-0.05, 0) is 42.1 Å². The zero-order chi connectivity index (χ0) is 20.3. The number of aromatic nitrogens is 2. The molecule has 1 aromatic heterocycles. The topological polar surface area (TPSA) is 124 Å². The first-order chi connectivity index (χ1) is 13.4. The Morgan fingerprint density at radius 1 is 1.29 bits per heavy atom. The number of amidine groups is 1. The summed E-state index contributed by atoms with van der Waals surface area (Å²) in [5.41, 5.74) is 14.6. The third kappa shape index (κ3) is 4.22. The predicted molar refractivity (Wildman–Crippen MR) is 110 cm³/mol. The molecule has 152 valence electrons. The van der Waals surface area contributed by atoms with Crippen molar-refractivity contribution in [2.24, 2.45) is 11.7 Å². The second kappa shape index (κ2) is 8.52. The van der Waals surface area contributed by atoms with Gasteiger partial charge in [-0.1, -0.05) is 20.8 Å². The summed E-state index contributed by atoms with van der Waals surface area (Å²) in [6.07, 6.45) is 1.46. The van der Waals surface area contributed by atoms with Gasteiger partial charge in [0.25, 0.3) is 0 Å². The maximum absolute atomic E-state index is 7.78. The summed E-state index contributed by atoms with van der Waals surface area (Å²) in [5, 5.41) is 11.2. The van der Waals surface area contributed by atoms with E-state index in [-0.39, 0.29) is 12.6 Å². The lowest BCUT2D eigenvalue weighted by Gasteiger charge is -2.14. The number of nitrogens with two attached hydrogens (primary N) is 2. The van der Waals surface area contributed by atoms with Crippen molar-refractivity contribution in [1.29, 1.82) is 5.41 Å². The molecule has 0 bridgehead atoms. The summed E-state index contributed by atoms with van der Waals surface area (Å²) in [7, 11) is 0. The van der Waals surface area contributed by atoms with Crippen LogP contribution in [0.5, 0.6) is 11.5 Å². The van der Waals surface area contributed by atoms with Crippen LogP contribution in [0.15, 0.2) is 12.1 Å². The number of ether oxygens (including phenoxy) is 2. The first-order valence-electron chi connectivity index (χ1n) is 9.72. The fourth-order valence-corrected chi connectivity index (χ4v) is 3.37. The molecule has 0 aliphatic carbocycles. The number of hydrogen-bond acceptors (Lipinski definition) is 6. The average molecular weight is 387 g/mol. The first-order valence-corrected chi connectivity index (χ1v) is 9.72. The third-order valence-electron chi connectivity index (χ3n) is 4.83. The number of aryl methyl sites for hydroxylation is 1. The fourth-order valence-electron chi connectivity index (χ4n) is 3.37. The standard InChI is InChI=1S/C20H30N6O2/c1-4-13-7-15-16(28-11-27-15)8-14(13)9-17-25-18(19(21)22)20(23)26(17)6-5-24-10-12(2)3/h7-8,12,24H,4-6,9-11,23H2,1-3H3,(H3,21,22). The van der Waals surface area contributed by atoms with Gasteiger partial charge in [0.1, 0.15) is 23.2 Å². The molecule has 2 heterocycles. The van der Waals surface area contributed by atoms with Crippen molar-refractivity contribution in [3.63, 3.8) is 0 Å². The van der Waals surface area contributed by atoms with E-state index < -0.39 is 0 Å². The third-order valence-corrected chi connectivity index (χ3v) is 4.83. The molecule has 8 nitrogen and oxygen atoms in total. The van der Waals surface area contributed by atoms with Gasteiger partial charge in [-0.15, -0.1) is 0 Å². The zero-order valence-electron chi connectivity index (χ0n) is 16.8. The van der Waals surface area contributed by atoms with E-state index in [1.54, 1.807) is 0 Å². The van der Waals surface area contributed by atoms with Crippen LogP contribution >= 0.6 is 0 Å². The fraction of sp³-hybridized carbons (Fsp3) is 0.500. The maximum atomic E-state index is 7.78. The highest BCUT2D eigenvalue weighted by Crippen LogP contribution is 2.36. The normalized spacial score (nSPS) is 12.7. The van der Waals surface area contributed by atoms with Crippen molar-refractivity contribution in [3.8, 4) is 11.5 Å². The molecule has 0 radical (unpaired) electrons. The molecule has 6 N–H and O–H groups in total. The second-order valence-corrected chi connectivity index (χ2v) is 7.43. The number of rotatable bonds is 9. The Kier molecular flexibility index (Phi) is 6.08. The summed E-state index contributed by atoms with van der Waals surface area (Å²) in [5.74, 6) is 3.23. The van der Waals surface area contributed by atoms with Crippen molar-refractivity contribution >= 4 is 11.7 Å². The highest BCUT2D eigenvalue weighted by molar-refractivity contribution is 5.97. The molecule has 3 rings (SSSR count). The molecule has 2 aromatic rings. The monoisotopic (exact) mass is 386 g/mol. The Hall–Kier alpha value is -2.74. The van der Waals surface area contributed by atoms with Gasteiger partial charge in [-0.2, -0.15) is 0 Å². The number of nitrogens with one attached hydrogen (secondary N) is 2. The van der Waals surface area contributed by atoms with Crippen LogP contribution < -0.4 is 26.3 Å². The number of fused-ring (bicyclic) bond motifs is 1. The Morgan fingerprint density at radius 2 is 1.96 bits per heavy atom. The summed E-state index contributed by atoms with van der Waals surface area (Å²) in [6.45, 7) is 9.07. The summed E-state index contributed by atoms with van der Waals surface area (Å²) >= 11 is 0. The van der Waals surface area contributed by atoms with Gasteiger partial charge in [-0.25, -0.2) is 4.98 Å². The van der Waals surface area contributed by atoms with E-state index in [1.165, 1.54) is 5.56 Å². The minimum atomic E-state index is -0.117. The van der Waals surface area contributed by atoms with Gasteiger partial charge in [0.2, 0.25) is 6.79 Å². The number of nitrogens with zero attached hydrogens (tertiary/aromatic N) is 2. The SMILES string of the molecule is CCc1cc2c(cc1Cc1nc(C(=N)N)c(N)n1CCNCC(C)C)OCO2. The van der Waals surface area contributed by atoms with E-state index in [0.717, 1.165) is 42.4 Å². The predicted octanol–water partition coefficient (Wildman–Crippen LogP) is 1.88. The lowest BCUT2D eigenvalue weighted by molar-refractivity contribution is 0.174. The van der Waals surface area contributed by atoms with Gasteiger partial charge >= 0.3 is 0 Å². The molecule has 1 aromatic carbocycles. The summed E-state index contributed by atoms with van der Waals surface area (Å²) < 4.78 is 13.0. The first kappa shape index (κ1) is 20.0. The molecule has 0 fully saturated rings. The molecule has 0 saturated carbocycles. The average Bonchev–Trinajstić information content (AvgIpc) is 3.22. The Balaban J connectivity index is 1.88. The van der Waals surface area contributed by atoms with Gasteiger partial charge in [0.05, 0.1) is 0 Å². The highest BCUT2D eigenvalue weighted by atomic mass is 16.7. The van der Waals surface area contributed by atoms with Gasteiger partial charge < -0.3 is 30.8 Å². The van der Waals surface area contributed by atoms with Crippen molar-refractivity contribution in [3.05, 3.63) is 34.8 Å². The largest absolute Gasteiger partial charge is 0.454 e. The van der Waals surface area contributed by atoms with E-state index in [0.29, 0.717) is 30.4 Å². The van der Waals surface area contributed by atoms with E-state index in [1.807, 2.05) is 16.7 Å². The van der Waals surface area contributed by atoms with Crippen molar-refractivity contribution in [1.82, 2.24) is 14.9 Å². The van der Waals surface area contributed by atoms with Crippen LogP contribution in [0.2, 0.25) is 0 Å². The quantitative estimate of drug-likeness (QED) is 0.296.